The molecule has 1 saturated heterocycles. The fraction of sp³-hybridized carbons (Fsp3) is 0.714. The van der Waals surface area contributed by atoms with Gasteiger partial charge in [0.25, 0.3) is 0 Å². The Kier molecular flexibility index (Phi) is 19.6. The standard InChI is InChI=1S/C5H7NO3.2CH5OSi.Cu/c7-4-2-1-3-6(4)5(8)9;2*1-3-2;/h1-3H2,(H,8,9);2*3H2,1H3;/q;2*-1;+2. The molecule has 1 N–H and O–H groups in total. The first-order chi connectivity index (χ1) is 7.04. The van der Waals surface area contributed by atoms with Crippen LogP contribution in [0, 0.1) is 0 Å². The molecule has 0 bridgehead atoms. The van der Waals surface area contributed by atoms with E-state index in [9.17, 15) is 9.59 Å². The average molecular weight is 315 g/mol. The summed E-state index contributed by atoms with van der Waals surface area (Å²) in [7, 11) is -1.67. The van der Waals surface area contributed by atoms with Crippen LogP contribution in [-0.4, -0.2) is 48.1 Å². The smallest absolute Gasteiger partial charge is 0.863 e. The zero-order valence-electron chi connectivity index (χ0n) is 9.36. The molecule has 1 aliphatic heterocycles. The van der Waals surface area contributed by atoms with Crippen LogP contribution in [-0.2, 0) is 21.9 Å². The van der Waals surface area contributed by atoms with Gasteiger partial charge in [0.2, 0.25) is 5.91 Å². The van der Waals surface area contributed by atoms with Crippen molar-refractivity contribution in [2.45, 2.75) is 25.9 Å². The summed E-state index contributed by atoms with van der Waals surface area (Å²) < 4.78 is 0. The van der Waals surface area contributed by atoms with Crippen molar-refractivity contribution in [2.24, 2.45) is 0 Å². The SMILES string of the molecule is C[SiH2][O-].C[SiH2][O-].O=C(O)N1CCCC1=O.[Cu+2]. The van der Waals surface area contributed by atoms with Crippen molar-refractivity contribution >= 4 is 31.5 Å². The molecule has 0 aromatic rings. The van der Waals surface area contributed by atoms with Crippen LogP contribution >= 0.6 is 0 Å². The largest absolute Gasteiger partial charge is 2.00 e. The van der Waals surface area contributed by atoms with E-state index < -0.39 is 25.6 Å². The van der Waals surface area contributed by atoms with E-state index in [4.69, 9.17) is 14.7 Å². The van der Waals surface area contributed by atoms with Gasteiger partial charge in [0, 0.05) is 13.0 Å². The fourth-order valence-electron chi connectivity index (χ4n) is 0.850. The second-order valence-electron chi connectivity index (χ2n) is 2.51. The van der Waals surface area contributed by atoms with Crippen molar-refractivity contribution in [1.82, 2.24) is 4.90 Å². The van der Waals surface area contributed by atoms with Gasteiger partial charge in [-0.1, -0.05) is 32.6 Å². The van der Waals surface area contributed by atoms with Crippen molar-refractivity contribution in [2.75, 3.05) is 6.54 Å². The molecule has 16 heavy (non-hydrogen) atoms. The molecule has 2 amide bonds. The van der Waals surface area contributed by atoms with E-state index in [0.29, 0.717) is 19.4 Å². The van der Waals surface area contributed by atoms with Gasteiger partial charge >= 0.3 is 23.2 Å². The Hall–Kier alpha value is -0.187. The Bertz CT molecular complexity index is 194. The Labute approximate surface area is 110 Å². The third-order valence-electron chi connectivity index (χ3n) is 1.30. The van der Waals surface area contributed by atoms with E-state index in [-0.39, 0.29) is 23.0 Å². The third-order valence-corrected chi connectivity index (χ3v) is 1.30. The van der Waals surface area contributed by atoms with Crippen LogP contribution in [0.1, 0.15) is 12.8 Å². The number of likely N-dealkylation sites (tertiary alicyclic amines) is 1. The Morgan fingerprint density at radius 2 is 1.75 bits per heavy atom. The van der Waals surface area contributed by atoms with E-state index in [0.717, 1.165) is 4.90 Å². The summed E-state index contributed by atoms with van der Waals surface area (Å²) in [5.74, 6) is -0.275. The molecule has 0 spiro atoms. The monoisotopic (exact) mass is 314 g/mol. The molecular weight excluding hydrogens is 298 g/mol. The maximum atomic E-state index is 10.6. The zero-order chi connectivity index (χ0) is 12.3. The Balaban J connectivity index is -0.000000207. The van der Waals surface area contributed by atoms with Gasteiger partial charge in [-0.2, -0.15) is 0 Å². The normalized spacial score (nSPS) is 14.2. The summed E-state index contributed by atoms with van der Waals surface area (Å²) in [6.45, 7) is 3.79. The molecule has 1 aliphatic rings. The molecule has 1 radical (unpaired) electrons. The number of nitrogens with zero attached hydrogens (tertiary/aromatic N) is 1. The minimum Gasteiger partial charge on any atom is -0.863 e. The van der Waals surface area contributed by atoms with Gasteiger partial charge in [-0.05, 0) is 6.42 Å². The second kappa shape index (κ2) is 14.8. The summed E-state index contributed by atoms with van der Waals surface area (Å²) in [5, 5.41) is 8.29. The molecule has 0 aromatic heterocycles. The van der Waals surface area contributed by atoms with Crippen molar-refractivity contribution in [1.29, 1.82) is 0 Å². The predicted octanol–water partition coefficient (Wildman–Crippen LogP) is -2.76. The average Bonchev–Trinajstić information content (AvgIpc) is 2.54. The molecule has 1 rings (SSSR count). The number of amides is 2. The zero-order valence-corrected chi connectivity index (χ0v) is 13.1. The van der Waals surface area contributed by atoms with E-state index in [1.165, 1.54) is 0 Å². The van der Waals surface area contributed by atoms with Crippen LogP contribution < -0.4 is 9.59 Å². The van der Waals surface area contributed by atoms with Crippen LogP contribution in [0.25, 0.3) is 0 Å². The van der Waals surface area contributed by atoms with Gasteiger partial charge in [0.05, 0.1) is 0 Å². The van der Waals surface area contributed by atoms with E-state index in [1.54, 1.807) is 13.1 Å². The van der Waals surface area contributed by atoms with Gasteiger partial charge in [0.1, 0.15) is 0 Å². The van der Waals surface area contributed by atoms with Gasteiger partial charge in [-0.3, -0.25) is 4.79 Å². The molecule has 9 heteroatoms. The topological polar surface area (TPSA) is 104 Å². The Morgan fingerprint density at radius 1 is 1.38 bits per heavy atom. The number of imide groups is 1. The predicted molar refractivity (Wildman–Crippen MR) is 57.8 cm³/mol. The molecule has 99 valence electrons. The first-order valence-corrected chi connectivity index (χ1v) is 8.72. The number of rotatable bonds is 0. The van der Waals surface area contributed by atoms with E-state index in [2.05, 4.69) is 0 Å². The molecule has 1 fully saturated rings. The van der Waals surface area contributed by atoms with Crippen molar-refractivity contribution in [3.63, 3.8) is 0 Å². The summed E-state index contributed by atoms with van der Waals surface area (Å²) in [5.41, 5.74) is 0. The van der Waals surface area contributed by atoms with Crippen molar-refractivity contribution < 1.29 is 41.4 Å². The number of carboxylic acid groups (broad SMARTS) is 1. The molecule has 0 aromatic carbocycles. The maximum absolute atomic E-state index is 10.6. The molecule has 1 heterocycles. The summed E-state index contributed by atoms with van der Waals surface area (Å²) in [4.78, 5) is 39.7. The molecular formula is C7H17CuNO5Si2. The number of hydrogen-bond acceptors (Lipinski definition) is 4. The van der Waals surface area contributed by atoms with E-state index >= 15 is 0 Å². The summed E-state index contributed by atoms with van der Waals surface area (Å²) in [6.07, 6.45) is -0.0743. The first kappa shape index (κ1) is 21.1. The van der Waals surface area contributed by atoms with Crippen LogP contribution in [0.5, 0.6) is 0 Å². The van der Waals surface area contributed by atoms with Gasteiger partial charge in [0.15, 0.2) is 0 Å². The molecule has 6 nitrogen and oxygen atoms in total. The quantitative estimate of drug-likeness (QED) is 0.488. The first-order valence-electron chi connectivity index (χ1n) is 4.74. The van der Waals surface area contributed by atoms with Crippen molar-refractivity contribution in [3.8, 4) is 0 Å². The van der Waals surface area contributed by atoms with Gasteiger partial charge in [-0.25, -0.2) is 9.69 Å². The molecule has 0 aliphatic carbocycles. The summed E-state index contributed by atoms with van der Waals surface area (Å²) >= 11 is 0. The summed E-state index contributed by atoms with van der Waals surface area (Å²) in [6, 6.07) is 0. The minimum atomic E-state index is -1.13. The number of hydrogen-bond donors (Lipinski definition) is 1. The van der Waals surface area contributed by atoms with Crippen LogP contribution in [0.3, 0.4) is 0 Å². The van der Waals surface area contributed by atoms with Gasteiger partial charge < -0.3 is 14.7 Å². The van der Waals surface area contributed by atoms with Crippen LogP contribution in [0.2, 0.25) is 13.1 Å². The molecule has 0 saturated carbocycles. The number of carbonyl (C=O) groups is 2. The molecule has 0 unspecified atom stereocenters. The fourth-order valence-corrected chi connectivity index (χ4v) is 0.850. The van der Waals surface area contributed by atoms with Gasteiger partial charge in [-0.15, -0.1) is 0 Å². The van der Waals surface area contributed by atoms with Crippen molar-refractivity contribution in [3.05, 3.63) is 0 Å². The Morgan fingerprint density at radius 3 is 1.88 bits per heavy atom. The van der Waals surface area contributed by atoms with Crippen LogP contribution in [0.15, 0.2) is 0 Å². The maximum Gasteiger partial charge on any atom is 2.00 e. The third kappa shape index (κ3) is 11.9. The second-order valence-corrected chi connectivity index (χ2v) is 3.66. The van der Waals surface area contributed by atoms with Crippen LogP contribution in [0.4, 0.5) is 4.79 Å². The number of carbonyl (C=O) groups excluding carboxylic acids is 1. The minimum absolute atomic E-state index is 0. The van der Waals surface area contributed by atoms with E-state index in [1.807, 2.05) is 0 Å². The molecule has 0 atom stereocenters.